The highest BCUT2D eigenvalue weighted by atomic mass is 15.3. The number of rotatable bonds is 2. The molecule has 0 bridgehead atoms. The lowest BCUT2D eigenvalue weighted by atomic mass is 10.5. The molecule has 1 aromatic rings. The largest absolute Gasteiger partial charge is 0.380 e. The van der Waals surface area contributed by atoms with Crippen LogP contribution in [-0.2, 0) is 7.05 Å². The molecule has 1 aliphatic rings. The van der Waals surface area contributed by atoms with Crippen LogP contribution in [0.25, 0.3) is 0 Å². The number of hydrogen-bond acceptors (Lipinski definition) is 2. The van der Waals surface area contributed by atoms with Gasteiger partial charge in [0.2, 0.25) is 0 Å². The van der Waals surface area contributed by atoms with Crippen molar-refractivity contribution in [1.29, 1.82) is 0 Å². The van der Waals surface area contributed by atoms with Gasteiger partial charge in [0.15, 0.2) is 0 Å². The van der Waals surface area contributed by atoms with Gasteiger partial charge >= 0.3 is 0 Å². The summed E-state index contributed by atoms with van der Waals surface area (Å²) in [6.45, 7) is 0. The molecule has 1 fully saturated rings. The summed E-state index contributed by atoms with van der Waals surface area (Å²) in [6.07, 6.45) is 6.49. The van der Waals surface area contributed by atoms with Crippen LogP contribution >= 0.6 is 0 Å². The first-order valence-corrected chi connectivity index (χ1v) is 3.60. The van der Waals surface area contributed by atoms with Crippen LogP contribution in [0.5, 0.6) is 0 Å². The Hall–Kier alpha value is -0.990. The zero-order valence-electron chi connectivity index (χ0n) is 6.04. The first-order chi connectivity index (χ1) is 4.84. The molecule has 10 heavy (non-hydrogen) atoms. The van der Waals surface area contributed by atoms with E-state index in [-0.39, 0.29) is 0 Å². The fourth-order valence-corrected chi connectivity index (χ4v) is 0.959. The summed E-state index contributed by atoms with van der Waals surface area (Å²) in [5, 5.41) is 7.40. The van der Waals surface area contributed by atoms with Gasteiger partial charge in [-0.15, -0.1) is 0 Å². The molecule has 0 aliphatic heterocycles. The molecule has 1 aromatic heterocycles. The third-order valence-corrected chi connectivity index (χ3v) is 1.65. The van der Waals surface area contributed by atoms with Gasteiger partial charge in [0.05, 0.1) is 11.9 Å². The quantitative estimate of drug-likeness (QED) is 0.659. The van der Waals surface area contributed by atoms with Gasteiger partial charge < -0.3 is 5.32 Å². The Balaban J connectivity index is 2.03. The topological polar surface area (TPSA) is 29.9 Å². The third-order valence-electron chi connectivity index (χ3n) is 1.65. The Morgan fingerprint density at radius 3 is 3.00 bits per heavy atom. The van der Waals surface area contributed by atoms with Crippen LogP contribution < -0.4 is 5.32 Å². The van der Waals surface area contributed by atoms with Crippen LogP contribution in [0.3, 0.4) is 0 Å². The molecule has 0 saturated heterocycles. The molecule has 3 heteroatoms. The summed E-state index contributed by atoms with van der Waals surface area (Å²) in [4.78, 5) is 0. The van der Waals surface area contributed by atoms with Crippen molar-refractivity contribution < 1.29 is 0 Å². The Labute approximate surface area is 60.0 Å². The summed E-state index contributed by atoms with van der Waals surface area (Å²) in [7, 11) is 1.93. The minimum absolute atomic E-state index is 0.726. The van der Waals surface area contributed by atoms with E-state index in [0.717, 1.165) is 11.7 Å². The maximum Gasteiger partial charge on any atom is 0.0728 e. The number of nitrogens with one attached hydrogen (secondary N) is 1. The van der Waals surface area contributed by atoms with Crippen molar-refractivity contribution in [1.82, 2.24) is 9.78 Å². The normalized spacial score (nSPS) is 17.3. The molecule has 1 aliphatic carbocycles. The van der Waals surface area contributed by atoms with E-state index in [2.05, 4.69) is 10.4 Å². The molecule has 54 valence electrons. The third kappa shape index (κ3) is 1.12. The molecule has 0 radical (unpaired) electrons. The van der Waals surface area contributed by atoms with Crippen molar-refractivity contribution in [2.24, 2.45) is 7.05 Å². The molecule has 0 aromatic carbocycles. The lowest BCUT2D eigenvalue weighted by Gasteiger charge is -1.96. The fourth-order valence-electron chi connectivity index (χ4n) is 0.959. The summed E-state index contributed by atoms with van der Waals surface area (Å²) in [6, 6.07) is 0.726. The number of hydrogen-bond donors (Lipinski definition) is 1. The minimum atomic E-state index is 0.726. The molecule has 1 saturated carbocycles. The van der Waals surface area contributed by atoms with Crippen molar-refractivity contribution >= 4 is 5.69 Å². The van der Waals surface area contributed by atoms with E-state index in [4.69, 9.17) is 0 Å². The zero-order chi connectivity index (χ0) is 6.97. The maximum atomic E-state index is 4.05. The Kier molecular flexibility index (Phi) is 1.16. The van der Waals surface area contributed by atoms with Crippen molar-refractivity contribution in [2.45, 2.75) is 18.9 Å². The predicted octanol–water partition coefficient (Wildman–Crippen LogP) is 0.994. The van der Waals surface area contributed by atoms with Gasteiger partial charge in [-0.25, -0.2) is 0 Å². The van der Waals surface area contributed by atoms with Crippen molar-refractivity contribution in [3.05, 3.63) is 12.4 Å². The van der Waals surface area contributed by atoms with E-state index >= 15 is 0 Å². The second-order valence-corrected chi connectivity index (χ2v) is 2.82. The second kappa shape index (κ2) is 2.01. The van der Waals surface area contributed by atoms with Crippen LogP contribution in [0.2, 0.25) is 0 Å². The van der Waals surface area contributed by atoms with Crippen molar-refractivity contribution in [3.8, 4) is 0 Å². The molecular formula is C7H11N3. The SMILES string of the molecule is Cn1cc(NC2CC2)cn1. The molecule has 0 spiro atoms. The molecule has 2 rings (SSSR count). The Bertz CT molecular complexity index is 225. The predicted molar refractivity (Wildman–Crippen MR) is 39.9 cm³/mol. The van der Waals surface area contributed by atoms with Gasteiger partial charge in [0.1, 0.15) is 0 Å². The number of aryl methyl sites for hydroxylation is 1. The Morgan fingerprint density at radius 2 is 2.50 bits per heavy atom. The van der Waals surface area contributed by atoms with Gasteiger partial charge in [0.25, 0.3) is 0 Å². The first-order valence-electron chi connectivity index (χ1n) is 3.60. The highest BCUT2D eigenvalue weighted by Crippen LogP contribution is 2.23. The number of aromatic nitrogens is 2. The van der Waals surface area contributed by atoms with E-state index in [9.17, 15) is 0 Å². The summed E-state index contributed by atoms with van der Waals surface area (Å²) in [5.74, 6) is 0. The molecular weight excluding hydrogens is 126 g/mol. The lowest BCUT2D eigenvalue weighted by molar-refractivity contribution is 0.768. The van der Waals surface area contributed by atoms with Crippen LogP contribution in [0.1, 0.15) is 12.8 Å². The van der Waals surface area contributed by atoms with E-state index in [1.807, 2.05) is 24.1 Å². The Morgan fingerprint density at radius 1 is 1.70 bits per heavy atom. The van der Waals surface area contributed by atoms with Gasteiger partial charge in [-0.1, -0.05) is 0 Å². The average Bonchev–Trinajstić information content (AvgIpc) is 2.59. The molecule has 0 atom stereocenters. The maximum absolute atomic E-state index is 4.05. The van der Waals surface area contributed by atoms with Crippen LogP contribution in [0, 0.1) is 0 Å². The molecule has 3 nitrogen and oxygen atoms in total. The number of nitrogens with zero attached hydrogens (tertiary/aromatic N) is 2. The van der Waals surface area contributed by atoms with Crippen LogP contribution in [0.4, 0.5) is 5.69 Å². The number of anilines is 1. The van der Waals surface area contributed by atoms with E-state index in [0.29, 0.717) is 0 Å². The van der Waals surface area contributed by atoms with Gasteiger partial charge in [-0.3, -0.25) is 4.68 Å². The second-order valence-electron chi connectivity index (χ2n) is 2.82. The minimum Gasteiger partial charge on any atom is -0.380 e. The standard InChI is InChI=1S/C7H11N3/c1-10-5-7(4-8-10)9-6-2-3-6/h4-6,9H,2-3H2,1H3. The highest BCUT2D eigenvalue weighted by Gasteiger charge is 2.20. The summed E-state index contributed by atoms with van der Waals surface area (Å²) >= 11 is 0. The van der Waals surface area contributed by atoms with Crippen molar-refractivity contribution in [3.63, 3.8) is 0 Å². The van der Waals surface area contributed by atoms with E-state index < -0.39 is 0 Å². The van der Waals surface area contributed by atoms with E-state index in [1.54, 1.807) is 0 Å². The fraction of sp³-hybridized carbons (Fsp3) is 0.571. The van der Waals surface area contributed by atoms with E-state index in [1.165, 1.54) is 12.8 Å². The van der Waals surface area contributed by atoms with Gasteiger partial charge in [-0.2, -0.15) is 5.10 Å². The summed E-state index contributed by atoms with van der Waals surface area (Å²) in [5.41, 5.74) is 1.14. The smallest absolute Gasteiger partial charge is 0.0728 e. The highest BCUT2D eigenvalue weighted by molar-refractivity contribution is 5.40. The van der Waals surface area contributed by atoms with Crippen LogP contribution in [0.15, 0.2) is 12.4 Å². The molecule has 1 N–H and O–H groups in total. The summed E-state index contributed by atoms with van der Waals surface area (Å²) < 4.78 is 1.81. The van der Waals surface area contributed by atoms with Crippen LogP contribution in [-0.4, -0.2) is 15.8 Å². The molecule has 0 amide bonds. The monoisotopic (exact) mass is 137 g/mol. The van der Waals surface area contributed by atoms with Gasteiger partial charge in [-0.05, 0) is 12.8 Å². The first kappa shape index (κ1) is 5.77. The van der Waals surface area contributed by atoms with Gasteiger partial charge in [0, 0.05) is 19.3 Å². The molecule has 1 heterocycles. The zero-order valence-corrected chi connectivity index (χ0v) is 6.04. The van der Waals surface area contributed by atoms with Crippen molar-refractivity contribution in [2.75, 3.05) is 5.32 Å². The lowest BCUT2D eigenvalue weighted by Crippen LogP contribution is -1.98. The average molecular weight is 137 g/mol. The molecule has 0 unspecified atom stereocenters.